The van der Waals surface area contributed by atoms with Crippen LogP contribution >= 0.6 is 0 Å². The Balaban J connectivity index is 2.45. The van der Waals surface area contributed by atoms with Crippen LogP contribution < -0.4 is 0 Å². The maximum Gasteiger partial charge on any atom is 0.116 e. The Labute approximate surface area is 80.5 Å². The van der Waals surface area contributed by atoms with E-state index in [0.29, 0.717) is 19.0 Å². The Bertz CT molecular complexity index is 280. The maximum absolute atomic E-state index is 11.6. The van der Waals surface area contributed by atoms with E-state index in [2.05, 4.69) is 0 Å². The first-order valence-electron chi connectivity index (χ1n) is 4.26. The standard InChI is InChI=1S/C9H14O3S/c1-3-11-6-7-13(10)9-4-5-12-8(9)2/h4-5H,3,6-7H2,1-2H3/t13-/m0/s1. The second-order valence-corrected chi connectivity index (χ2v) is 4.13. The Hall–Kier alpha value is -0.610. The molecule has 0 aliphatic carbocycles. The molecule has 1 aromatic heterocycles. The minimum atomic E-state index is -0.984. The lowest BCUT2D eigenvalue weighted by molar-refractivity contribution is 0.164. The topological polar surface area (TPSA) is 39.4 Å². The van der Waals surface area contributed by atoms with Crippen LogP contribution in [0.1, 0.15) is 12.7 Å². The monoisotopic (exact) mass is 202 g/mol. The molecule has 0 aliphatic heterocycles. The van der Waals surface area contributed by atoms with Crippen molar-refractivity contribution in [2.45, 2.75) is 18.7 Å². The molecule has 0 aliphatic rings. The number of hydrogen-bond donors (Lipinski definition) is 0. The van der Waals surface area contributed by atoms with Crippen LogP contribution in [-0.4, -0.2) is 23.2 Å². The van der Waals surface area contributed by atoms with E-state index in [1.54, 1.807) is 12.3 Å². The van der Waals surface area contributed by atoms with Crippen molar-refractivity contribution in [1.29, 1.82) is 0 Å². The fraction of sp³-hybridized carbons (Fsp3) is 0.556. The molecule has 0 amide bonds. The minimum Gasteiger partial charge on any atom is -0.468 e. The summed E-state index contributed by atoms with van der Waals surface area (Å²) in [5.41, 5.74) is 0. The van der Waals surface area contributed by atoms with E-state index in [1.807, 2.05) is 13.8 Å². The zero-order valence-electron chi connectivity index (χ0n) is 7.91. The molecule has 0 saturated carbocycles. The molecular formula is C9H14O3S. The summed E-state index contributed by atoms with van der Waals surface area (Å²) in [7, 11) is -0.984. The van der Waals surface area contributed by atoms with E-state index in [-0.39, 0.29) is 0 Å². The summed E-state index contributed by atoms with van der Waals surface area (Å²) in [6.07, 6.45) is 1.56. The Morgan fingerprint density at radius 3 is 2.92 bits per heavy atom. The van der Waals surface area contributed by atoms with Gasteiger partial charge in [0.1, 0.15) is 5.76 Å². The van der Waals surface area contributed by atoms with Crippen LogP contribution in [0.25, 0.3) is 0 Å². The van der Waals surface area contributed by atoms with E-state index in [9.17, 15) is 4.21 Å². The van der Waals surface area contributed by atoms with E-state index in [0.717, 1.165) is 10.7 Å². The molecule has 0 fully saturated rings. The fourth-order valence-corrected chi connectivity index (χ4v) is 2.06. The van der Waals surface area contributed by atoms with E-state index >= 15 is 0 Å². The average Bonchev–Trinajstić information content (AvgIpc) is 2.52. The average molecular weight is 202 g/mol. The lowest BCUT2D eigenvalue weighted by Gasteiger charge is -2.00. The number of furan rings is 1. The van der Waals surface area contributed by atoms with Crippen LogP contribution in [0.15, 0.2) is 21.6 Å². The first-order valence-corrected chi connectivity index (χ1v) is 5.57. The van der Waals surface area contributed by atoms with Crippen molar-refractivity contribution in [3.8, 4) is 0 Å². The van der Waals surface area contributed by atoms with Gasteiger partial charge in [-0.1, -0.05) is 0 Å². The molecule has 13 heavy (non-hydrogen) atoms. The number of ether oxygens (including phenoxy) is 1. The summed E-state index contributed by atoms with van der Waals surface area (Å²) in [6.45, 7) is 4.94. The molecule has 3 nitrogen and oxygen atoms in total. The smallest absolute Gasteiger partial charge is 0.116 e. The van der Waals surface area contributed by atoms with Crippen molar-refractivity contribution in [3.63, 3.8) is 0 Å². The van der Waals surface area contributed by atoms with Crippen molar-refractivity contribution in [2.75, 3.05) is 19.0 Å². The third-order valence-electron chi connectivity index (χ3n) is 1.67. The van der Waals surface area contributed by atoms with Gasteiger partial charge in [-0.15, -0.1) is 0 Å². The predicted octanol–water partition coefficient (Wildman–Crippen LogP) is 1.73. The molecule has 0 spiro atoms. The molecule has 74 valence electrons. The Morgan fingerprint density at radius 1 is 1.62 bits per heavy atom. The normalized spacial score (nSPS) is 13.1. The number of aryl methyl sites for hydroxylation is 1. The summed E-state index contributed by atoms with van der Waals surface area (Å²) in [5, 5.41) is 0. The van der Waals surface area contributed by atoms with Crippen LogP contribution in [-0.2, 0) is 15.5 Å². The van der Waals surface area contributed by atoms with Gasteiger partial charge >= 0.3 is 0 Å². The zero-order valence-corrected chi connectivity index (χ0v) is 8.73. The largest absolute Gasteiger partial charge is 0.468 e. The van der Waals surface area contributed by atoms with E-state index < -0.39 is 10.8 Å². The van der Waals surface area contributed by atoms with Crippen LogP contribution in [0, 0.1) is 6.92 Å². The molecule has 4 heteroatoms. The SMILES string of the molecule is CCOCC[S@](=O)c1ccoc1C. The zero-order chi connectivity index (χ0) is 9.68. The van der Waals surface area contributed by atoms with Crippen molar-refractivity contribution < 1.29 is 13.4 Å². The number of rotatable bonds is 5. The molecule has 0 aromatic carbocycles. The van der Waals surface area contributed by atoms with Gasteiger partial charge in [0.05, 0.1) is 34.3 Å². The van der Waals surface area contributed by atoms with Crippen molar-refractivity contribution in [2.24, 2.45) is 0 Å². The molecule has 1 aromatic rings. The maximum atomic E-state index is 11.6. The van der Waals surface area contributed by atoms with Gasteiger partial charge in [-0.25, -0.2) is 0 Å². The predicted molar refractivity (Wildman–Crippen MR) is 51.2 cm³/mol. The minimum absolute atomic E-state index is 0.535. The van der Waals surface area contributed by atoms with Gasteiger partial charge in [0.25, 0.3) is 0 Å². The lowest BCUT2D eigenvalue weighted by Crippen LogP contribution is -2.06. The third-order valence-corrected chi connectivity index (χ3v) is 3.13. The summed E-state index contributed by atoms with van der Waals surface area (Å²) in [6, 6.07) is 1.75. The van der Waals surface area contributed by atoms with Gasteiger partial charge in [0.15, 0.2) is 0 Å². The van der Waals surface area contributed by atoms with Crippen LogP contribution in [0.5, 0.6) is 0 Å². The summed E-state index contributed by atoms with van der Waals surface area (Å²) >= 11 is 0. The van der Waals surface area contributed by atoms with E-state index in [4.69, 9.17) is 9.15 Å². The van der Waals surface area contributed by atoms with Gasteiger partial charge in [-0.05, 0) is 19.9 Å². The van der Waals surface area contributed by atoms with Gasteiger partial charge in [-0.2, -0.15) is 0 Å². The highest BCUT2D eigenvalue weighted by molar-refractivity contribution is 7.85. The lowest BCUT2D eigenvalue weighted by atomic mass is 10.5. The van der Waals surface area contributed by atoms with Gasteiger partial charge in [0.2, 0.25) is 0 Å². The van der Waals surface area contributed by atoms with Crippen molar-refractivity contribution >= 4 is 10.8 Å². The van der Waals surface area contributed by atoms with E-state index in [1.165, 1.54) is 0 Å². The summed E-state index contributed by atoms with van der Waals surface area (Å²) in [4.78, 5) is 0.778. The second-order valence-electron chi connectivity index (χ2n) is 2.59. The quantitative estimate of drug-likeness (QED) is 0.683. The first kappa shape index (κ1) is 10.5. The van der Waals surface area contributed by atoms with Crippen LogP contribution in [0.4, 0.5) is 0 Å². The van der Waals surface area contributed by atoms with Gasteiger partial charge in [0, 0.05) is 6.61 Å². The first-order chi connectivity index (χ1) is 6.25. The van der Waals surface area contributed by atoms with Gasteiger partial charge in [-0.3, -0.25) is 4.21 Å². The highest BCUT2D eigenvalue weighted by Gasteiger charge is 2.08. The molecule has 1 heterocycles. The molecule has 1 atom stereocenters. The molecule has 0 N–H and O–H groups in total. The van der Waals surface area contributed by atoms with Crippen molar-refractivity contribution in [1.82, 2.24) is 0 Å². The highest BCUT2D eigenvalue weighted by atomic mass is 32.2. The molecule has 0 saturated heterocycles. The van der Waals surface area contributed by atoms with Crippen LogP contribution in [0.2, 0.25) is 0 Å². The van der Waals surface area contributed by atoms with Crippen molar-refractivity contribution in [3.05, 3.63) is 18.1 Å². The molecule has 0 unspecified atom stereocenters. The second kappa shape index (κ2) is 5.19. The highest BCUT2D eigenvalue weighted by Crippen LogP contribution is 2.13. The fourth-order valence-electron chi connectivity index (χ4n) is 0.998. The summed E-state index contributed by atoms with van der Waals surface area (Å²) in [5.74, 6) is 1.27. The summed E-state index contributed by atoms with van der Waals surface area (Å²) < 4.78 is 21.7. The Morgan fingerprint density at radius 2 is 2.38 bits per heavy atom. The third kappa shape index (κ3) is 2.97. The van der Waals surface area contributed by atoms with Gasteiger partial charge < -0.3 is 9.15 Å². The molecular weight excluding hydrogens is 188 g/mol. The molecule has 0 radical (unpaired) electrons. The number of hydrogen-bond acceptors (Lipinski definition) is 3. The Kier molecular flexibility index (Phi) is 4.18. The molecule has 1 rings (SSSR count). The van der Waals surface area contributed by atoms with Crippen LogP contribution in [0.3, 0.4) is 0 Å². The molecule has 0 bridgehead atoms.